The third kappa shape index (κ3) is 5.04. The molecule has 0 atom stereocenters. The minimum Gasteiger partial charge on any atom is -0.489 e. The van der Waals surface area contributed by atoms with Gasteiger partial charge in [-0.3, -0.25) is 4.90 Å². The largest absolute Gasteiger partial charge is 0.489 e. The first-order valence-electron chi connectivity index (χ1n) is 8.23. The van der Waals surface area contributed by atoms with Crippen molar-refractivity contribution in [2.45, 2.75) is 13.5 Å². The van der Waals surface area contributed by atoms with Crippen molar-refractivity contribution < 1.29 is 19.1 Å². The predicted molar refractivity (Wildman–Crippen MR) is 108 cm³/mol. The van der Waals surface area contributed by atoms with Gasteiger partial charge in [-0.15, -0.1) is 0 Å². The monoisotopic (exact) mass is 386 g/mol. The second-order valence-electron chi connectivity index (χ2n) is 5.67. The van der Waals surface area contributed by atoms with Gasteiger partial charge in [0.05, 0.1) is 7.11 Å². The molecule has 7 heteroatoms. The summed E-state index contributed by atoms with van der Waals surface area (Å²) >= 11 is 5.42. The van der Waals surface area contributed by atoms with E-state index in [4.69, 9.17) is 26.5 Å². The summed E-state index contributed by atoms with van der Waals surface area (Å²) in [6.45, 7) is 2.30. The van der Waals surface area contributed by atoms with E-state index >= 15 is 0 Å². The molecule has 0 saturated heterocycles. The lowest BCUT2D eigenvalue weighted by Crippen LogP contribution is -2.37. The van der Waals surface area contributed by atoms with Crippen LogP contribution in [-0.4, -0.2) is 43.0 Å². The highest BCUT2D eigenvalue weighted by Gasteiger charge is 2.23. The summed E-state index contributed by atoms with van der Waals surface area (Å²) in [6.07, 6.45) is -0.586. The van der Waals surface area contributed by atoms with Crippen LogP contribution in [0.25, 0.3) is 0 Å². The minimum atomic E-state index is -0.586. The number of hydrogen-bond donors (Lipinski definition) is 0. The summed E-state index contributed by atoms with van der Waals surface area (Å²) in [5.41, 5.74) is 2.97. The van der Waals surface area contributed by atoms with E-state index < -0.39 is 6.09 Å². The van der Waals surface area contributed by atoms with Crippen LogP contribution < -0.4 is 4.74 Å². The van der Waals surface area contributed by atoms with Crippen molar-refractivity contribution in [3.8, 4) is 5.75 Å². The Labute approximate surface area is 164 Å². The van der Waals surface area contributed by atoms with E-state index in [-0.39, 0.29) is 4.99 Å². The topological polar surface area (TPSA) is 60.4 Å². The number of aryl methyl sites for hydroxylation is 1. The molecule has 0 N–H and O–H groups in total. The van der Waals surface area contributed by atoms with Crippen molar-refractivity contribution in [2.24, 2.45) is 5.16 Å². The summed E-state index contributed by atoms with van der Waals surface area (Å²) in [4.78, 5) is 18.2. The van der Waals surface area contributed by atoms with E-state index in [9.17, 15) is 4.79 Å². The second kappa shape index (κ2) is 9.68. The van der Waals surface area contributed by atoms with Gasteiger partial charge in [-0.25, -0.2) is 4.79 Å². The lowest BCUT2D eigenvalue weighted by Gasteiger charge is -2.19. The van der Waals surface area contributed by atoms with Crippen molar-refractivity contribution in [3.63, 3.8) is 0 Å². The minimum absolute atomic E-state index is 0.187. The van der Waals surface area contributed by atoms with Crippen LogP contribution in [0.1, 0.15) is 16.7 Å². The Kier molecular flexibility index (Phi) is 7.31. The van der Waals surface area contributed by atoms with Crippen LogP contribution in [0.15, 0.2) is 53.7 Å². The van der Waals surface area contributed by atoms with Crippen LogP contribution >= 0.6 is 12.2 Å². The fourth-order valence-corrected chi connectivity index (χ4v) is 2.65. The number of likely N-dealkylation sites (N-methyl/N-ethyl adjacent to an activating group) is 1. The zero-order chi connectivity index (χ0) is 19.8. The molecule has 142 valence electrons. The first-order chi connectivity index (χ1) is 13.0. The highest BCUT2D eigenvalue weighted by Crippen LogP contribution is 2.20. The number of benzene rings is 2. The molecule has 2 aromatic rings. The van der Waals surface area contributed by atoms with Gasteiger partial charge in [-0.1, -0.05) is 59.8 Å². The molecule has 0 heterocycles. The number of amides is 1. The molecule has 0 spiro atoms. The highest BCUT2D eigenvalue weighted by atomic mass is 32.1. The highest BCUT2D eigenvalue weighted by molar-refractivity contribution is 7.82. The maximum Gasteiger partial charge on any atom is 0.414 e. The molecule has 2 rings (SSSR count). The number of oxime groups is 1. The van der Waals surface area contributed by atoms with Crippen LogP contribution in [0.3, 0.4) is 0 Å². The van der Waals surface area contributed by atoms with Gasteiger partial charge in [0.2, 0.25) is 0 Å². The standard InChI is InChI=1S/C20H22N2O4S/c1-14-9-5-8-12-17(14)26-13-15-10-6-7-11-16(15)18(21-25-4)19(27)22(2)20(23)24-3/h5-12H,13H2,1-4H3. The second-order valence-corrected chi connectivity index (χ2v) is 6.05. The zero-order valence-electron chi connectivity index (χ0n) is 15.8. The molecule has 6 nitrogen and oxygen atoms in total. The van der Waals surface area contributed by atoms with Gasteiger partial charge in [0.15, 0.2) is 0 Å². The molecule has 0 fully saturated rings. The molecule has 0 radical (unpaired) electrons. The summed E-state index contributed by atoms with van der Waals surface area (Å²) in [5, 5.41) is 4.04. The molecule has 27 heavy (non-hydrogen) atoms. The number of carbonyl (C=O) groups excluding carboxylic acids is 1. The van der Waals surface area contributed by atoms with Crippen molar-refractivity contribution >= 4 is 29.0 Å². The van der Waals surface area contributed by atoms with Crippen LogP contribution in [0.5, 0.6) is 5.75 Å². The Balaban J connectivity index is 2.33. The lowest BCUT2D eigenvalue weighted by molar-refractivity contribution is 0.153. The zero-order valence-corrected chi connectivity index (χ0v) is 16.6. The fraction of sp³-hybridized carbons (Fsp3) is 0.250. The molecule has 0 bridgehead atoms. The molecule has 0 aliphatic carbocycles. The maximum atomic E-state index is 11.8. The molecule has 0 aromatic heterocycles. The summed E-state index contributed by atoms with van der Waals surface area (Å²) in [7, 11) is 4.23. The third-order valence-corrected chi connectivity index (χ3v) is 4.35. The Hall–Kier alpha value is -2.93. The number of nitrogens with zero attached hydrogens (tertiary/aromatic N) is 2. The van der Waals surface area contributed by atoms with Crippen molar-refractivity contribution in [3.05, 3.63) is 65.2 Å². The molecular formula is C20H22N2O4S. The smallest absolute Gasteiger partial charge is 0.414 e. The summed E-state index contributed by atoms with van der Waals surface area (Å²) < 4.78 is 10.7. The quantitative estimate of drug-likeness (QED) is 0.427. The van der Waals surface area contributed by atoms with E-state index in [0.29, 0.717) is 17.9 Å². The van der Waals surface area contributed by atoms with E-state index in [1.807, 2.05) is 55.5 Å². The Morgan fingerprint density at radius 2 is 1.78 bits per heavy atom. The number of thiocarbonyl (C=S) groups is 1. The molecular weight excluding hydrogens is 364 g/mol. The fourth-order valence-electron chi connectivity index (χ4n) is 2.42. The molecule has 0 aliphatic heterocycles. The maximum absolute atomic E-state index is 11.8. The van der Waals surface area contributed by atoms with Crippen molar-refractivity contribution in [1.29, 1.82) is 0 Å². The lowest BCUT2D eigenvalue weighted by atomic mass is 10.0. The molecule has 0 aliphatic rings. The van der Waals surface area contributed by atoms with Gasteiger partial charge in [0.25, 0.3) is 0 Å². The van der Waals surface area contributed by atoms with E-state index in [1.54, 1.807) is 0 Å². The number of ether oxygens (including phenoxy) is 2. The van der Waals surface area contributed by atoms with Gasteiger partial charge in [0.1, 0.15) is 30.2 Å². The number of rotatable bonds is 6. The van der Waals surface area contributed by atoms with Crippen LogP contribution in [0.4, 0.5) is 4.79 Å². The van der Waals surface area contributed by atoms with Gasteiger partial charge < -0.3 is 14.3 Å². The Bertz CT molecular complexity index is 851. The van der Waals surface area contributed by atoms with E-state index in [1.165, 1.54) is 26.2 Å². The molecule has 1 amide bonds. The van der Waals surface area contributed by atoms with E-state index in [2.05, 4.69) is 5.16 Å². The van der Waals surface area contributed by atoms with E-state index in [0.717, 1.165) is 16.9 Å². The first-order valence-corrected chi connectivity index (χ1v) is 8.64. The number of para-hydroxylation sites is 1. The van der Waals surface area contributed by atoms with Crippen molar-refractivity contribution in [2.75, 3.05) is 21.3 Å². The average Bonchev–Trinajstić information content (AvgIpc) is 2.70. The number of hydrogen-bond acceptors (Lipinski definition) is 6. The van der Waals surface area contributed by atoms with Crippen molar-refractivity contribution in [1.82, 2.24) is 4.90 Å². The first kappa shape index (κ1) is 20.4. The average molecular weight is 386 g/mol. The van der Waals surface area contributed by atoms with Gasteiger partial charge in [-0.2, -0.15) is 0 Å². The Morgan fingerprint density at radius 1 is 1.11 bits per heavy atom. The van der Waals surface area contributed by atoms with Gasteiger partial charge >= 0.3 is 6.09 Å². The SMILES string of the molecule is CON=C(C(=S)N(C)C(=O)OC)c1ccccc1COc1ccccc1C. The van der Waals surface area contributed by atoms with Crippen LogP contribution in [0.2, 0.25) is 0 Å². The summed E-state index contributed by atoms with van der Waals surface area (Å²) in [6, 6.07) is 15.3. The van der Waals surface area contributed by atoms with Gasteiger partial charge in [-0.05, 0) is 24.1 Å². The predicted octanol–water partition coefficient (Wildman–Crippen LogP) is 3.95. The van der Waals surface area contributed by atoms with Gasteiger partial charge in [0, 0.05) is 12.6 Å². The number of carbonyl (C=O) groups is 1. The van der Waals surface area contributed by atoms with Crippen LogP contribution in [0, 0.1) is 6.92 Å². The third-order valence-electron chi connectivity index (χ3n) is 3.89. The van der Waals surface area contributed by atoms with Crippen LogP contribution in [-0.2, 0) is 16.2 Å². The molecule has 0 saturated carbocycles. The summed E-state index contributed by atoms with van der Waals surface area (Å²) in [5.74, 6) is 0.798. The molecule has 0 unspecified atom stereocenters. The normalized spacial score (nSPS) is 10.9. The Morgan fingerprint density at radius 3 is 2.44 bits per heavy atom. The number of methoxy groups -OCH3 is 1. The molecule has 2 aromatic carbocycles.